The van der Waals surface area contributed by atoms with Gasteiger partial charge in [0.15, 0.2) is 0 Å². The summed E-state index contributed by atoms with van der Waals surface area (Å²) in [5, 5.41) is 3.62. The largest absolute Gasteiger partial charge is 0.310 e. The Kier molecular flexibility index (Phi) is 3.53. The summed E-state index contributed by atoms with van der Waals surface area (Å²) in [4.78, 5) is 2.45. The summed E-state index contributed by atoms with van der Waals surface area (Å²) in [5.74, 6) is 0. The molecule has 0 aliphatic carbocycles. The van der Waals surface area contributed by atoms with Crippen molar-refractivity contribution >= 4 is 0 Å². The molecular weight excluding hydrogens is 148 g/mol. The quantitative estimate of drug-likeness (QED) is 0.675. The molecule has 12 heavy (non-hydrogen) atoms. The van der Waals surface area contributed by atoms with Gasteiger partial charge in [0.25, 0.3) is 0 Å². The lowest BCUT2D eigenvalue weighted by atomic mass is 9.97. The summed E-state index contributed by atoms with van der Waals surface area (Å²) in [6.45, 7) is 8.03. The van der Waals surface area contributed by atoms with Crippen LogP contribution in [0.25, 0.3) is 0 Å². The van der Waals surface area contributed by atoms with Crippen molar-refractivity contribution in [3.8, 4) is 0 Å². The number of nitrogens with one attached hydrogen (secondary N) is 1. The van der Waals surface area contributed by atoms with Crippen LogP contribution in [0.3, 0.4) is 0 Å². The van der Waals surface area contributed by atoms with Gasteiger partial charge >= 0.3 is 0 Å². The number of likely N-dealkylation sites (N-methyl/N-ethyl adjacent to an activating group) is 1. The highest BCUT2D eigenvalue weighted by Gasteiger charge is 2.24. The lowest BCUT2D eigenvalue weighted by Gasteiger charge is -2.38. The first-order valence-corrected chi connectivity index (χ1v) is 5.07. The van der Waals surface area contributed by atoms with Crippen molar-refractivity contribution in [3.63, 3.8) is 0 Å². The molecule has 1 saturated heterocycles. The first-order chi connectivity index (χ1) is 5.61. The molecule has 0 amide bonds. The van der Waals surface area contributed by atoms with Crippen LogP contribution in [-0.2, 0) is 0 Å². The summed E-state index contributed by atoms with van der Waals surface area (Å²) < 4.78 is 0. The molecular formula is C10H22N2. The molecule has 2 unspecified atom stereocenters. The van der Waals surface area contributed by atoms with Gasteiger partial charge in [0.1, 0.15) is 0 Å². The van der Waals surface area contributed by atoms with Gasteiger partial charge in [0, 0.05) is 18.1 Å². The Hall–Kier alpha value is -0.0800. The van der Waals surface area contributed by atoms with Crippen molar-refractivity contribution in [1.82, 2.24) is 10.2 Å². The van der Waals surface area contributed by atoms with Gasteiger partial charge in [-0.2, -0.15) is 0 Å². The fraction of sp³-hybridized carbons (Fsp3) is 1.00. The molecule has 0 aromatic rings. The van der Waals surface area contributed by atoms with Crippen LogP contribution in [0.15, 0.2) is 0 Å². The molecule has 0 aromatic heterocycles. The topological polar surface area (TPSA) is 15.3 Å². The maximum absolute atomic E-state index is 3.62. The zero-order valence-corrected chi connectivity index (χ0v) is 8.80. The Balaban J connectivity index is 2.41. The molecule has 2 nitrogen and oxygen atoms in total. The Morgan fingerprint density at radius 1 is 1.42 bits per heavy atom. The van der Waals surface area contributed by atoms with Crippen LogP contribution in [0.4, 0.5) is 0 Å². The van der Waals surface area contributed by atoms with Gasteiger partial charge in [-0.15, -0.1) is 0 Å². The molecule has 1 fully saturated rings. The van der Waals surface area contributed by atoms with Gasteiger partial charge in [0.05, 0.1) is 0 Å². The van der Waals surface area contributed by atoms with Crippen LogP contribution in [0.1, 0.15) is 33.6 Å². The smallest absolute Gasteiger partial charge is 0.0223 e. The third kappa shape index (κ3) is 2.46. The molecule has 1 aliphatic heterocycles. The third-order valence-corrected chi connectivity index (χ3v) is 2.85. The first kappa shape index (κ1) is 10.0. The molecule has 0 radical (unpaired) electrons. The average Bonchev–Trinajstić information content (AvgIpc) is 1.98. The van der Waals surface area contributed by atoms with Gasteiger partial charge in [-0.1, -0.05) is 13.8 Å². The van der Waals surface area contributed by atoms with Crippen LogP contribution in [-0.4, -0.2) is 36.6 Å². The summed E-state index contributed by atoms with van der Waals surface area (Å²) in [6, 6.07) is 2.01. The van der Waals surface area contributed by atoms with Gasteiger partial charge in [0.2, 0.25) is 0 Å². The highest BCUT2D eigenvalue weighted by molar-refractivity contribution is 4.85. The van der Waals surface area contributed by atoms with Crippen LogP contribution >= 0.6 is 0 Å². The molecule has 72 valence electrons. The molecule has 0 spiro atoms. The molecule has 1 rings (SSSR count). The SMILES string of the molecule is CC(C)NC1CCCN(C)C1C. The number of hydrogen-bond acceptors (Lipinski definition) is 2. The molecule has 2 atom stereocenters. The van der Waals surface area contributed by atoms with Gasteiger partial charge in [-0.3, -0.25) is 0 Å². The monoisotopic (exact) mass is 170 g/mol. The van der Waals surface area contributed by atoms with Crippen LogP contribution < -0.4 is 5.32 Å². The molecule has 1 N–H and O–H groups in total. The highest BCUT2D eigenvalue weighted by atomic mass is 15.2. The predicted octanol–water partition coefficient (Wildman–Crippen LogP) is 1.47. The normalized spacial score (nSPS) is 32.8. The summed E-state index contributed by atoms with van der Waals surface area (Å²) in [7, 11) is 2.22. The standard InChI is InChI=1S/C10H22N2/c1-8(2)11-10-6-5-7-12(4)9(10)3/h8-11H,5-7H2,1-4H3. The molecule has 0 bridgehead atoms. The number of likely N-dealkylation sites (tertiary alicyclic amines) is 1. The van der Waals surface area contributed by atoms with Crippen LogP contribution in [0, 0.1) is 0 Å². The highest BCUT2D eigenvalue weighted by Crippen LogP contribution is 2.15. The molecule has 1 heterocycles. The van der Waals surface area contributed by atoms with E-state index < -0.39 is 0 Å². The number of nitrogens with zero attached hydrogens (tertiary/aromatic N) is 1. The van der Waals surface area contributed by atoms with E-state index in [1.807, 2.05) is 0 Å². The second-order valence-electron chi connectivity index (χ2n) is 4.29. The maximum Gasteiger partial charge on any atom is 0.0223 e. The summed E-state index contributed by atoms with van der Waals surface area (Å²) >= 11 is 0. The van der Waals surface area contributed by atoms with E-state index >= 15 is 0 Å². The van der Waals surface area contributed by atoms with Crippen molar-refractivity contribution in [2.75, 3.05) is 13.6 Å². The molecule has 2 heteroatoms. The minimum atomic E-state index is 0.615. The van der Waals surface area contributed by atoms with Gasteiger partial charge in [-0.05, 0) is 33.4 Å². The molecule has 0 aromatic carbocycles. The van der Waals surface area contributed by atoms with Crippen molar-refractivity contribution < 1.29 is 0 Å². The van der Waals surface area contributed by atoms with E-state index in [0.29, 0.717) is 18.1 Å². The predicted molar refractivity (Wildman–Crippen MR) is 53.4 cm³/mol. The van der Waals surface area contributed by atoms with E-state index in [9.17, 15) is 0 Å². The molecule has 0 saturated carbocycles. The van der Waals surface area contributed by atoms with Crippen LogP contribution in [0.5, 0.6) is 0 Å². The first-order valence-electron chi connectivity index (χ1n) is 5.07. The summed E-state index contributed by atoms with van der Waals surface area (Å²) in [6.07, 6.45) is 2.68. The number of piperidine rings is 1. The fourth-order valence-corrected chi connectivity index (χ4v) is 1.96. The minimum absolute atomic E-state index is 0.615. The van der Waals surface area contributed by atoms with E-state index in [0.717, 1.165) is 0 Å². The fourth-order valence-electron chi connectivity index (χ4n) is 1.96. The second-order valence-corrected chi connectivity index (χ2v) is 4.29. The molecule has 1 aliphatic rings. The van der Waals surface area contributed by atoms with Crippen molar-refractivity contribution in [3.05, 3.63) is 0 Å². The van der Waals surface area contributed by atoms with E-state index in [1.165, 1.54) is 19.4 Å². The lowest BCUT2D eigenvalue weighted by molar-refractivity contribution is 0.149. The lowest BCUT2D eigenvalue weighted by Crippen LogP contribution is -2.52. The Morgan fingerprint density at radius 3 is 2.67 bits per heavy atom. The van der Waals surface area contributed by atoms with E-state index in [2.05, 4.69) is 38.0 Å². The third-order valence-electron chi connectivity index (χ3n) is 2.85. The zero-order chi connectivity index (χ0) is 9.14. The Labute approximate surface area is 76.3 Å². The van der Waals surface area contributed by atoms with E-state index in [-0.39, 0.29) is 0 Å². The number of rotatable bonds is 2. The van der Waals surface area contributed by atoms with Gasteiger partial charge in [-0.25, -0.2) is 0 Å². The van der Waals surface area contributed by atoms with Crippen molar-refractivity contribution in [2.45, 2.75) is 51.7 Å². The Bertz CT molecular complexity index is 134. The Morgan fingerprint density at radius 2 is 2.08 bits per heavy atom. The van der Waals surface area contributed by atoms with Crippen molar-refractivity contribution in [2.24, 2.45) is 0 Å². The zero-order valence-electron chi connectivity index (χ0n) is 8.80. The van der Waals surface area contributed by atoms with E-state index in [4.69, 9.17) is 0 Å². The van der Waals surface area contributed by atoms with Crippen molar-refractivity contribution in [1.29, 1.82) is 0 Å². The van der Waals surface area contributed by atoms with Gasteiger partial charge < -0.3 is 10.2 Å². The second kappa shape index (κ2) is 4.24. The average molecular weight is 170 g/mol. The van der Waals surface area contributed by atoms with E-state index in [1.54, 1.807) is 0 Å². The van der Waals surface area contributed by atoms with Crippen LogP contribution in [0.2, 0.25) is 0 Å². The number of hydrogen-bond donors (Lipinski definition) is 1. The summed E-state index contributed by atoms with van der Waals surface area (Å²) in [5.41, 5.74) is 0. The minimum Gasteiger partial charge on any atom is -0.310 e. The maximum atomic E-state index is 3.62.